The Hall–Kier alpha value is -3.05. The summed E-state index contributed by atoms with van der Waals surface area (Å²) in [5, 5.41) is 3.37. The molecule has 1 saturated heterocycles. The number of anilines is 2. The Morgan fingerprint density at radius 2 is 1.83 bits per heavy atom. The molecule has 0 atom stereocenters. The molecule has 1 aromatic heterocycles. The van der Waals surface area contributed by atoms with Crippen molar-refractivity contribution in [1.29, 1.82) is 0 Å². The number of carbonyl (C=O) groups is 2. The molecule has 29 heavy (non-hydrogen) atoms. The van der Waals surface area contributed by atoms with Crippen molar-refractivity contribution in [3.63, 3.8) is 0 Å². The van der Waals surface area contributed by atoms with Crippen LogP contribution in [0.25, 0.3) is 5.69 Å². The second-order valence-corrected chi connectivity index (χ2v) is 7.63. The van der Waals surface area contributed by atoms with Gasteiger partial charge in [-0.3, -0.25) is 9.59 Å². The van der Waals surface area contributed by atoms with Crippen LogP contribution in [0.5, 0.6) is 0 Å². The van der Waals surface area contributed by atoms with Gasteiger partial charge in [0.2, 0.25) is 5.91 Å². The minimum atomic E-state index is -0.193. The number of aryl methyl sites for hydroxylation is 1. The third-order valence-electron chi connectivity index (χ3n) is 5.26. The van der Waals surface area contributed by atoms with Crippen molar-refractivity contribution in [3.8, 4) is 5.69 Å². The first-order valence-corrected chi connectivity index (χ1v) is 9.99. The van der Waals surface area contributed by atoms with Gasteiger partial charge in [-0.15, -0.1) is 0 Å². The summed E-state index contributed by atoms with van der Waals surface area (Å²) in [5.74, 6) is -0.113. The van der Waals surface area contributed by atoms with E-state index in [0.29, 0.717) is 34.9 Å². The van der Waals surface area contributed by atoms with Crippen LogP contribution in [0, 0.1) is 13.8 Å². The van der Waals surface area contributed by atoms with Crippen LogP contribution >= 0.6 is 11.6 Å². The molecule has 0 saturated carbocycles. The molecule has 0 aliphatic carbocycles. The van der Waals surface area contributed by atoms with E-state index in [1.807, 2.05) is 50.2 Å². The summed E-state index contributed by atoms with van der Waals surface area (Å²) in [6.07, 6.45) is 1.39. The summed E-state index contributed by atoms with van der Waals surface area (Å²) in [6.45, 7) is 4.59. The van der Waals surface area contributed by atoms with E-state index in [9.17, 15) is 9.59 Å². The molecule has 1 aliphatic heterocycles. The Morgan fingerprint density at radius 3 is 2.48 bits per heavy atom. The third kappa shape index (κ3) is 3.66. The van der Waals surface area contributed by atoms with Crippen molar-refractivity contribution >= 4 is 34.8 Å². The Labute approximate surface area is 174 Å². The van der Waals surface area contributed by atoms with Crippen LogP contribution in [0.1, 0.15) is 34.6 Å². The maximum Gasteiger partial charge on any atom is 0.257 e. The third-order valence-corrected chi connectivity index (χ3v) is 5.56. The predicted molar refractivity (Wildman–Crippen MR) is 116 cm³/mol. The maximum absolute atomic E-state index is 12.9. The summed E-state index contributed by atoms with van der Waals surface area (Å²) in [5.41, 5.74) is 4.77. The van der Waals surface area contributed by atoms with Crippen LogP contribution in [0.2, 0.25) is 5.02 Å². The first kappa shape index (κ1) is 19.3. The number of benzene rings is 2. The number of amides is 2. The van der Waals surface area contributed by atoms with Gasteiger partial charge in [0.1, 0.15) is 0 Å². The lowest BCUT2D eigenvalue weighted by molar-refractivity contribution is -0.117. The molecule has 2 heterocycles. The number of hydrogen-bond acceptors (Lipinski definition) is 2. The first-order valence-electron chi connectivity index (χ1n) is 9.61. The van der Waals surface area contributed by atoms with Gasteiger partial charge in [-0.1, -0.05) is 29.8 Å². The van der Waals surface area contributed by atoms with Gasteiger partial charge >= 0.3 is 0 Å². The zero-order valence-electron chi connectivity index (χ0n) is 16.4. The average molecular weight is 408 g/mol. The van der Waals surface area contributed by atoms with E-state index in [2.05, 4.69) is 9.88 Å². The van der Waals surface area contributed by atoms with Gasteiger partial charge in [-0.25, -0.2) is 0 Å². The second kappa shape index (κ2) is 7.76. The Bertz CT molecular complexity index is 1090. The molecular weight excluding hydrogens is 386 g/mol. The highest BCUT2D eigenvalue weighted by molar-refractivity contribution is 6.34. The van der Waals surface area contributed by atoms with E-state index in [1.54, 1.807) is 23.1 Å². The van der Waals surface area contributed by atoms with E-state index in [1.165, 1.54) is 0 Å². The van der Waals surface area contributed by atoms with Crippen LogP contribution in [0.3, 0.4) is 0 Å². The molecule has 0 unspecified atom stereocenters. The highest BCUT2D eigenvalue weighted by atomic mass is 35.5. The fourth-order valence-corrected chi connectivity index (χ4v) is 4.15. The van der Waals surface area contributed by atoms with E-state index in [-0.39, 0.29) is 11.8 Å². The second-order valence-electron chi connectivity index (χ2n) is 7.23. The van der Waals surface area contributed by atoms with E-state index >= 15 is 0 Å². The van der Waals surface area contributed by atoms with Crippen LogP contribution in [-0.2, 0) is 4.79 Å². The minimum absolute atomic E-state index is 0.0806. The largest absolute Gasteiger partial charge is 0.322 e. The van der Waals surface area contributed by atoms with Gasteiger partial charge in [-0.2, -0.15) is 0 Å². The number of halogens is 1. The van der Waals surface area contributed by atoms with E-state index < -0.39 is 0 Å². The molecule has 4 rings (SSSR count). The topological polar surface area (TPSA) is 54.3 Å². The van der Waals surface area contributed by atoms with Gasteiger partial charge in [-0.05, 0) is 56.7 Å². The fourth-order valence-electron chi connectivity index (χ4n) is 3.87. The van der Waals surface area contributed by atoms with Crippen LogP contribution in [0.4, 0.5) is 11.4 Å². The minimum Gasteiger partial charge on any atom is -0.322 e. The summed E-state index contributed by atoms with van der Waals surface area (Å²) >= 11 is 6.40. The SMILES string of the molecule is Cc1cc(C(=O)Nc2ccc(N3CCCC3=O)c(Cl)c2)c(C)n1-c1ccccc1. The lowest BCUT2D eigenvalue weighted by Crippen LogP contribution is -2.24. The molecular formula is C23H22ClN3O2. The van der Waals surface area contributed by atoms with Gasteiger partial charge in [0, 0.05) is 35.7 Å². The van der Waals surface area contributed by atoms with Gasteiger partial charge < -0.3 is 14.8 Å². The summed E-state index contributed by atoms with van der Waals surface area (Å²) in [6, 6.07) is 17.1. The van der Waals surface area contributed by atoms with E-state index in [4.69, 9.17) is 11.6 Å². The zero-order chi connectivity index (χ0) is 20.5. The molecule has 0 spiro atoms. The summed E-state index contributed by atoms with van der Waals surface area (Å²) in [4.78, 5) is 26.6. The lowest BCUT2D eigenvalue weighted by Gasteiger charge is -2.18. The molecule has 3 aromatic rings. The van der Waals surface area contributed by atoms with Crippen LogP contribution < -0.4 is 10.2 Å². The molecule has 1 aliphatic rings. The van der Waals surface area contributed by atoms with Crippen molar-refractivity contribution in [2.75, 3.05) is 16.8 Å². The normalized spacial score (nSPS) is 13.8. The standard InChI is InChI=1S/C23H22ClN3O2/c1-15-13-19(16(2)27(15)18-7-4-3-5-8-18)23(29)25-17-10-11-21(20(24)14-17)26-12-6-9-22(26)28/h3-5,7-8,10-11,13-14H,6,9,12H2,1-2H3,(H,25,29). The fraction of sp³-hybridized carbons (Fsp3) is 0.217. The molecule has 1 fully saturated rings. The Balaban J connectivity index is 1.57. The quantitative estimate of drug-likeness (QED) is 0.652. The Kier molecular flexibility index (Phi) is 5.16. The molecule has 148 valence electrons. The zero-order valence-corrected chi connectivity index (χ0v) is 17.2. The van der Waals surface area contributed by atoms with Crippen molar-refractivity contribution in [2.24, 2.45) is 0 Å². The molecule has 0 bridgehead atoms. The molecule has 2 amide bonds. The number of nitrogens with zero attached hydrogens (tertiary/aromatic N) is 2. The molecule has 6 heteroatoms. The Morgan fingerprint density at radius 1 is 1.07 bits per heavy atom. The van der Waals surface area contributed by atoms with Crippen molar-refractivity contribution < 1.29 is 9.59 Å². The molecule has 2 aromatic carbocycles. The molecule has 0 radical (unpaired) electrons. The number of aromatic nitrogens is 1. The van der Waals surface area contributed by atoms with Crippen LogP contribution in [0.15, 0.2) is 54.6 Å². The lowest BCUT2D eigenvalue weighted by atomic mass is 10.2. The van der Waals surface area contributed by atoms with Gasteiger partial charge in [0.05, 0.1) is 16.3 Å². The highest BCUT2D eigenvalue weighted by Crippen LogP contribution is 2.32. The van der Waals surface area contributed by atoms with E-state index in [0.717, 1.165) is 23.5 Å². The monoisotopic (exact) mass is 407 g/mol. The van der Waals surface area contributed by atoms with Gasteiger partial charge in [0.15, 0.2) is 0 Å². The highest BCUT2D eigenvalue weighted by Gasteiger charge is 2.24. The smallest absolute Gasteiger partial charge is 0.257 e. The molecule has 5 nitrogen and oxygen atoms in total. The summed E-state index contributed by atoms with van der Waals surface area (Å²) < 4.78 is 2.06. The predicted octanol–water partition coefficient (Wildman–Crippen LogP) is 5.13. The number of para-hydroxylation sites is 1. The number of carbonyl (C=O) groups excluding carboxylic acids is 2. The number of hydrogen-bond donors (Lipinski definition) is 1. The average Bonchev–Trinajstić information content (AvgIpc) is 3.25. The number of rotatable bonds is 4. The van der Waals surface area contributed by atoms with Crippen molar-refractivity contribution in [2.45, 2.75) is 26.7 Å². The molecule has 1 N–H and O–H groups in total. The maximum atomic E-state index is 12.9. The summed E-state index contributed by atoms with van der Waals surface area (Å²) in [7, 11) is 0. The number of nitrogens with one attached hydrogen (secondary N) is 1. The van der Waals surface area contributed by atoms with Crippen molar-refractivity contribution in [1.82, 2.24) is 4.57 Å². The van der Waals surface area contributed by atoms with Crippen molar-refractivity contribution in [3.05, 3.63) is 76.6 Å². The first-order chi connectivity index (χ1) is 14.0. The van der Waals surface area contributed by atoms with Gasteiger partial charge in [0.25, 0.3) is 5.91 Å². The van der Waals surface area contributed by atoms with Crippen LogP contribution in [-0.4, -0.2) is 22.9 Å².